The molecule has 1 aliphatic heterocycles. The van der Waals surface area contributed by atoms with Crippen molar-refractivity contribution in [2.45, 2.75) is 26.0 Å². The van der Waals surface area contributed by atoms with Crippen LogP contribution in [0, 0.1) is 0 Å². The lowest BCUT2D eigenvalue weighted by Crippen LogP contribution is -2.35. The van der Waals surface area contributed by atoms with Gasteiger partial charge in [0.2, 0.25) is 5.91 Å². The number of carbonyl (C=O) groups excluding carboxylic acids is 1. The van der Waals surface area contributed by atoms with Crippen molar-refractivity contribution in [1.82, 2.24) is 19.4 Å². The van der Waals surface area contributed by atoms with Crippen LogP contribution < -0.4 is 0 Å². The molecule has 0 unspecified atom stereocenters. The second kappa shape index (κ2) is 8.35. The Hall–Kier alpha value is -2.99. The van der Waals surface area contributed by atoms with Gasteiger partial charge in [0.25, 0.3) is 0 Å². The molecular weight excluding hydrogens is 352 g/mol. The van der Waals surface area contributed by atoms with Gasteiger partial charge in [0.15, 0.2) is 0 Å². The largest absolute Gasteiger partial charge is 0.380 e. The Bertz CT molecular complexity index is 952. The first-order chi connectivity index (χ1) is 13.8. The fourth-order valence-electron chi connectivity index (χ4n) is 3.72. The molecule has 2 aromatic heterocycles. The van der Waals surface area contributed by atoms with Gasteiger partial charge in [-0.05, 0) is 17.7 Å². The molecule has 0 fully saturated rings. The van der Waals surface area contributed by atoms with E-state index in [9.17, 15) is 4.79 Å². The number of imidazole rings is 1. The highest BCUT2D eigenvalue weighted by atomic mass is 16.5. The molecule has 0 radical (unpaired) electrons. The lowest BCUT2D eigenvalue weighted by molar-refractivity contribution is -0.130. The van der Waals surface area contributed by atoms with Crippen LogP contribution in [-0.4, -0.2) is 45.5 Å². The maximum absolute atomic E-state index is 12.7. The van der Waals surface area contributed by atoms with E-state index in [1.54, 1.807) is 13.3 Å². The molecule has 0 spiro atoms. The van der Waals surface area contributed by atoms with Gasteiger partial charge < -0.3 is 14.2 Å². The third-order valence-corrected chi connectivity index (χ3v) is 5.14. The van der Waals surface area contributed by atoms with Crippen LogP contribution in [0.4, 0.5) is 0 Å². The molecule has 0 atom stereocenters. The molecular formula is C22H24N4O2. The number of nitrogens with zero attached hydrogens (tertiary/aromatic N) is 4. The summed E-state index contributed by atoms with van der Waals surface area (Å²) in [6, 6.07) is 13.9. The van der Waals surface area contributed by atoms with Crippen LogP contribution in [0.1, 0.15) is 17.1 Å². The standard InChI is InChI=1S/C22H24N4O2/c1-28-16-17-6-2-3-8-19(17)20-15-24-21-9-11-25(12-13-26(20)21)22(27)14-18-7-4-5-10-23-18/h2-8,10,15H,9,11-14,16H2,1H3. The van der Waals surface area contributed by atoms with E-state index in [1.165, 1.54) is 0 Å². The van der Waals surface area contributed by atoms with E-state index in [1.807, 2.05) is 41.4 Å². The summed E-state index contributed by atoms with van der Waals surface area (Å²) in [6.45, 7) is 2.65. The first-order valence-electron chi connectivity index (χ1n) is 9.55. The molecule has 1 aliphatic rings. The molecule has 0 N–H and O–H groups in total. The van der Waals surface area contributed by atoms with Crippen molar-refractivity contribution in [2.24, 2.45) is 0 Å². The molecule has 144 valence electrons. The molecule has 0 aliphatic carbocycles. The minimum Gasteiger partial charge on any atom is -0.380 e. The number of fused-ring (bicyclic) bond motifs is 1. The van der Waals surface area contributed by atoms with Gasteiger partial charge in [0.1, 0.15) is 5.82 Å². The zero-order chi connectivity index (χ0) is 19.3. The third kappa shape index (κ3) is 3.82. The average Bonchev–Trinajstić information content (AvgIpc) is 3.00. The van der Waals surface area contributed by atoms with Gasteiger partial charge in [-0.15, -0.1) is 0 Å². The van der Waals surface area contributed by atoms with E-state index in [0.717, 1.165) is 41.3 Å². The van der Waals surface area contributed by atoms with Crippen LogP contribution in [0.25, 0.3) is 11.3 Å². The summed E-state index contributed by atoms with van der Waals surface area (Å²) in [5.41, 5.74) is 4.17. The Labute approximate surface area is 164 Å². The van der Waals surface area contributed by atoms with Crippen molar-refractivity contribution < 1.29 is 9.53 Å². The van der Waals surface area contributed by atoms with E-state index >= 15 is 0 Å². The van der Waals surface area contributed by atoms with Gasteiger partial charge in [-0.3, -0.25) is 9.78 Å². The van der Waals surface area contributed by atoms with E-state index in [2.05, 4.69) is 26.7 Å². The summed E-state index contributed by atoms with van der Waals surface area (Å²) >= 11 is 0. The van der Waals surface area contributed by atoms with Gasteiger partial charge in [-0.25, -0.2) is 4.98 Å². The Morgan fingerprint density at radius 2 is 1.93 bits per heavy atom. The lowest BCUT2D eigenvalue weighted by atomic mass is 10.1. The Morgan fingerprint density at radius 1 is 1.07 bits per heavy atom. The highest BCUT2D eigenvalue weighted by Gasteiger charge is 2.22. The minimum absolute atomic E-state index is 0.116. The fraction of sp³-hybridized carbons (Fsp3) is 0.318. The Balaban J connectivity index is 1.52. The third-order valence-electron chi connectivity index (χ3n) is 5.14. The summed E-state index contributed by atoms with van der Waals surface area (Å²) < 4.78 is 7.59. The molecule has 4 rings (SSSR count). The van der Waals surface area contributed by atoms with Crippen molar-refractivity contribution in [3.63, 3.8) is 0 Å². The number of hydrogen-bond acceptors (Lipinski definition) is 4. The predicted octanol–water partition coefficient (Wildman–Crippen LogP) is 2.72. The molecule has 0 saturated heterocycles. The predicted molar refractivity (Wildman–Crippen MR) is 107 cm³/mol. The molecule has 3 aromatic rings. The van der Waals surface area contributed by atoms with Crippen LogP contribution in [-0.2, 0) is 35.5 Å². The normalized spacial score (nSPS) is 13.8. The molecule has 28 heavy (non-hydrogen) atoms. The first kappa shape index (κ1) is 18.4. The molecule has 0 bridgehead atoms. The van der Waals surface area contributed by atoms with Crippen LogP contribution in [0.3, 0.4) is 0 Å². The van der Waals surface area contributed by atoms with E-state index in [0.29, 0.717) is 26.1 Å². The number of aromatic nitrogens is 3. The number of hydrogen-bond donors (Lipinski definition) is 0. The fourth-order valence-corrected chi connectivity index (χ4v) is 3.72. The zero-order valence-electron chi connectivity index (χ0n) is 16.0. The summed E-state index contributed by atoms with van der Waals surface area (Å²) in [6.07, 6.45) is 4.76. The van der Waals surface area contributed by atoms with Crippen LogP contribution in [0.2, 0.25) is 0 Å². The smallest absolute Gasteiger partial charge is 0.228 e. The van der Waals surface area contributed by atoms with Crippen LogP contribution >= 0.6 is 0 Å². The average molecular weight is 376 g/mol. The topological polar surface area (TPSA) is 60.2 Å². The number of methoxy groups -OCH3 is 1. The first-order valence-corrected chi connectivity index (χ1v) is 9.55. The zero-order valence-corrected chi connectivity index (χ0v) is 16.0. The van der Waals surface area contributed by atoms with Crippen LogP contribution in [0.15, 0.2) is 54.9 Å². The van der Waals surface area contributed by atoms with E-state index < -0.39 is 0 Å². The summed E-state index contributed by atoms with van der Waals surface area (Å²) in [5, 5.41) is 0. The highest BCUT2D eigenvalue weighted by Crippen LogP contribution is 2.26. The number of pyridine rings is 1. The maximum Gasteiger partial charge on any atom is 0.228 e. The highest BCUT2D eigenvalue weighted by molar-refractivity contribution is 5.78. The number of amides is 1. The summed E-state index contributed by atoms with van der Waals surface area (Å²) in [5.74, 6) is 1.14. The van der Waals surface area contributed by atoms with E-state index in [4.69, 9.17) is 4.74 Å². The van der Waals surface area contributed by atoms with Gasteiger partial charge in [0.05, 0.1) is 24.9 Å². The molecule has 6 nitrogen and oxygen atoms in total. The van der Waals surface area contributed by atoms with Crippen molar-refractivity contribution in [1.29, 1.82) is 0 Å². The molecule has 0 saturated carbocycles. The Morgan fingerprint density at radius 3 is 2.75 bits per heavy atom. The molecule has 3 heterocycles. The van der Waals surface area contributed by atoms with Gasteiger partial charge in [-0.2, -0.15) is 0 Å². The second-order valence-electron chi connectivity index (χ2n) is 6.93. The van der Waals surface area contributed by atoms with Crippen molar-refractivity contribution in [2.75, 3.05) is 20.2 Å². The minimum atomic E-state index is 0.116. The van der Waals surface area contributed by atoms with Crippen molar-refractivity contribution in [3.05, 3.63) is 71.9 Å². The number of rotatable bonds is 5. The van der Waals surface area contributed by atoms with Crippen molar-refractivity contribution in [3.8, 4) is 11.3 Å². The monoisotopic (exact) mass is 376 g/mol. The van der Waals surface area contributed by atoms with E-state index in [-0.39, 0.29) is 5.91 Å². The van der Waals surface area contributed by atoms with Crippen LogP contribution in [0.5, 0.6) is 0 Å². The van der Waals surface area contributed by atoms with Gasteiger partial charge in [-0.1, -0.05) is 30.3 Å². The second-order valence-corrected chi connectivity index (χ2v) is 6.93. The van der Waals surface area contributed by atoms with Crippen molar-refractivity contribution >= 4 is 5.91 Å². The van der Waals surface area contributed by atoms with Gasteiger partial charge in [0, 0.05) is 50.6 Å². The lowest BCUT2D eigenvalue weighted by Gasteiger charge is -2.20. The SMILES string of the molecule is COCc1ccccc1-c1cnc2n1CCN(C(=O)Cc1ccccn1)CC2. The maximum atomic E-state index is 12.7. The number of benzene rings is 1. The summed E-state index contributed by atoms with van der Waals surface area (Å²) in [7, 11) is 1.71. The molecule has 6 heteroatoms. The number of carbonyl (C=O) groups is 1. The quantitative estimate of drug-likeness (QED) is 0.687. The summed E-state index contributed by atoms with van der Waals surface area (Å²) in [4.78, 5) is 23.6. The Kier molecular flexibility index (Phi) is 5.48. The molecule has 1 amide bonds. The number of ether oxygens (including phenoxy) is 1. The molecule has 1 aromatic carbocycles. The van der Waals surface area contributed by atoms with Gasteiger partial charge >= 0.3 is 0 Å².